The van der Waals surface area contributed by atoms with Gasteiger partial charge in [-0.1, -0.05) is 12.1 Å². The average molecular weight is 432 g/mol. The van der Waals surface area contributed by atoms with Gasteiger partial charge in [0.25, 0.3) is 0 Å². The Morgan fingerprint density at radius 3 is 2.45 bits per heavy atom. The van der Waals surface area contributed by atoms with Gasteiger partial charge in [-0.15, -0.1) is 0 Å². The maximum absolute atomic E-state index is 12.7. The van der Waals surface area contributed by atoms with E-state index in [4.69, 9.17) is 0 Å². The fourth-order valence-electron chi connectivity index (χ4n) is 4.12. The summed E-state index contributed by atoms with van der Waals surface area (Å²) in [4.78, 5) is 31.3. The van der Waals surface area contributed by atoms with E-state index in [0.29, 0.717) is 30.8 Å². The molecule has 0 spiro atoms. The summed E-state index contributed by atoms with van der Waals surface area (Å²) in [7, 11) is 1.73. The molecule has 2 aromatic heterocycles. The zero-order valence-electron chi connectivity index (χ0n) is 17.1. The maximum Gasteiger partial charge on any atom is 0.416 e. The highest BCUT2D eigenvalue weighted by Crippen LogP contribution is 2.29. The molecular weight excluding hydrogens is 409 g/mol. The lowest BCUT2D eigenvalue weighted by atomic mass is 9.96. The lowest BCUT2D eigenvalue weighted by molar-refractivity contribution is -0.137. The first-order valence-corrected chi connectivity index (χ1v) is 10.2. The summed E-state index contributed by atoms with van der Waals surface area (Å²) in [6, 6.07) is 8.38. The Hall–Kier alpha value is -3.10. The monoisotopic (exact) mass is 432 g/mol. The number of hydrogen-bond donors (Lipinski definition) is 0. The number of rotatable bonds is 4. The number of aromatic nitrogens is 3. The summed E-state index contributed by atoms with van der Waals surface area (Å²) >= 11 is 0. The topological polar surface area (TPSA) is 60.1 Å². The van der Waals surface area contributed by atoms with Gasteiger partial charge < -0.3 is 4.90 Å². The van der Waals surface area contributed by atoms with Crippen LogP contribution in [0.15, 0.2) is 47.4 Å². The number of imidazole rings is 1. The molecule has 0 bridgehead atoms. The van der Waals surface area contributed by atoms with Gasteiger partial charge in [-0.05, 0) is 48.6 Å². The molecule has 0 aliphatic carbocycles. The fourth-order valence-corrected chi connectivity index (χ4v) is 4.12. The van der Waals surface area contributed by atoms with Crippen molar-refractivity contribution in [1.29, 1.82) is 0 Å². The second-order valence-electron chi connectivity index (χ2n) is 7.99. The minimum atomic E-state index is -4.38. The molecule has 1 fully saturated rings. The maximum atomic E-state index is 12.7. The van der Waals surface area contributed by atoms with Crippen molar-refractivity contribution in [1.82, 2.24) is 19.0 Å². The lowest BCUT2D eigenvalue weighted by Gasteiger charge is -2.32. The van der Waals surface area contributed by atoms with Crippen molar-refractivity contribution < 1.29 is 18.0 Å². The summed E-state index contributed by atoms with van der Waals surface area (Å²) < 4.78 is 41.3. The van der Waals surface area contributed by atoms with Gasteiger partial charge in [0.05, 0.1) is 17.5 Å². The van der Waals surface area contributed by atoms with Gasteiger partial charge in [0.15, 0.2) is 5.65 Å². The molecule has 1 amide bonds. The molecule has 0 saturated carbocycles. The van der Waals surface area contributed by atoms with Gasteiger partial charge in [0.2, 0.25) is 5.91 Å². The van der Waals surface area contributed by atoms with E-state index in [0.717, 1.165) is 30.5 Å². The summed E-state index contributed by atoms with van der Waals surface area (Å²) in [6.07, 6.45) is -1.12. The Labute approximate surface area is 176 Å². The third kappa shape index (κ3) is 4.35. The fraction of sp³-hybridized carbons (Fsp3) is 0.409. The number of amides is 1. The molecule has 0 atom stereocenters. The molecule has 1 aliphatic heterocycles. The van der Waals surface area contributed by atoms with Crippen molar-refractivity contribution in [2.24, 2.45) is 13.0 Å². The van der Waals surface area contributed by atoms with Crippen molar-refractivity contribution in [2.75, 3.05) is 13.1 Å². The van der Waals surface area contributed by atoms with Crippen LogP contribution in [0.4, 0.5) is 13.2 Å². The van der Waals surface area contributed by atoms with Crippen LogP contribution >= 0.6 is 0 Å². The highest BCUT2D eigenvalue weighted by molar-refractivity contribution is 5.78. The number of halogens is 3. The van der Waals surface area contributed by atoms with E-state index >= 15 is 0 Å². The second kappa shape index (κ2) is 8.20. The predicted molar refractivity (Wildman–Crippen MR) is 109 cm³/mol. The molecule has 6 nitrogen and oxygen atoms in total. The predicted octanol–water partition coefficient (Wildman–Crippen LogP) is 3.24. The number of likely N-dealkylation sites (tertiary alicyclic amines) is 1. The zero-order valence-corrected chi connectivity index (χ0v) is 17.1. The Morgan fingerprint density at radius 2 is 1.81 bits per heavy atom. The Morgan fingerprint density at radius 1 is 1.13 bits per heavy atom. The summed E-state index contributed by atoms with van der Waals surface area (Å²) in [5, 5.41) is 0. The smallest absolute Gasteiger partial charge is 0.342 e. The highest BCUT2D eigenvalue weighted by atomic mass is 19.4. The molecule has 1 saturated heterocycles. The molecule has 0 N–H and O–H groups in total. The summed E-state index contributed by atoms with van der Waals surface area (Å²) in [6.45, 7) is 1.68. The van der Waals surface area contributed by atoms with Crippen LogP contribution in [0.2, 0.25) is 0 Å². The first-order valence-electron chi connectivity index (χ1n) is 10.2. The molecule has 1 aliphatic rings. The average Bonchev–Trinajstić information content (AvgIpc) is 2.99. The molecule has 0 unspecified atom stereocenters. The Bertz CT molecular complexity index is 1140. The number of pyridine rings is 1. The Balaban J connectivity index is 1.35. The van der Waals surface area contributed by atoms with Crippen molar-refractivity contribution in [3.8, 4) is 0 Å². The van der Waals surface area contributed by atoms with Gasteiger partial charge in [0, 0.05) is 32.9 Å². The summed E-state index contributed by atoms with van der Waals surface area (Å²) in [5.74, 6) is 0.155. The van der Waals surface area contributed by atoms with Crippen molar-refractivity contribution in [2.45, 2.75) is 32.0 Å². The zero-order chi connectivity index (χ0) is 22.2. The second-order valence-corrected chi connectivity index (χ2v) is 7.99. The van der Waals surface area contributed by atoms with E-state index in [1.165, 1.54) is 12.1 Å². The van der Waals surface area contributed by atoms with E-state index < -0.39 is 11.7 Å². The van der Waals surface area contributed by atoms with Gasteiger partial charge in [-0.25, -0.2) is 9.78 Å². The number of benzene rings is 1. The van der Waals surface area contributed by atoms with Crippen LogP contribution in [0, 0.1) is 5.92 Å². The van der Waals surface area contributed by atoms with Gasteiger partial charge >= 0.3 is 11.9 Å². The number of alkyl halides is 3. The van der Waals surface area contributed by atoms with Crippen LogP contribution in [0.3, 0.4) is 0 Å². The number of carbonyl (C=O) groups excluding carboxylic acids is 1. The summed E-state index contributed by atoms with van der Waals surface area (Å²) in [5.41, 5.74) is 1.19. The first kappa shape index (κ1) is 21.1. The molecule has 1 aromatic carbocycles. The highest BCUT2D eigenvalue weighted by Gasteiger charge is 2.30. The lowest BCUT2D eigenvalue weighted by Crippen LogP contribution is -2.40. The van der Waals surface area contributed by atoms with Crippen molar-refractivity contribution in [3.63, 3.8) is 0 Å². The minimum absolute atomic E-state index is 0.0789. The van der Waals surface area contributed by atoms with Crippen molar-refractivity contribution >= 4 is 17.1 Å². The van der Waals surface area contributed by atoms with Crippen LogP contribution in [0.1, 0.15) is 24.0 Å². The van der Waals surface area contributed by atoms with E-state index in [2.05, 4.69) is 4.98 Å². The number of aryl methyl sites for hydroxylation is 1. The molecule has 3 aromatic rings. The molecule has 4 rings (SSSR count). The Kier molecular flexibility index (Phi) is 5.60. The SMILES string of the molecule is Cn1c(=O)n(CC2CCN(C(=O)Cc3ccc(C(F)(F)F)cc3)CC2)c2ncccc21. The third-order valence-corrected chi connectivity index (χ3v) is 5.95. The number of hydrogen-bond acceptors (Lipinski definition) is 3. The largest absolute Gasteiger partial charge is 0.416 e. The first-order chi connectivity index (χ1) is 14.7. The number of fused-ring (bicyclic) bond motifs is 1. The van der Waals surface area contributed by atoms with E-state index in [9.17, 15) is 22.8 Å². The normalized spacial score (nSPS) is 15.5. The molecule has 164 valence electrons. The number of carbonyl (C=O) groups is 1. The standard InChI is InChI=1S/C22H23F3N4O2/c1-27-18-3-2-10-26-20(18)29(21(27)31)14-16-8-11-28(12-9-16)19(30)13-15-4-6-17(7-5-15)22(23,24)25/h2-7,10,16H,8-9,11-14H2,1H3. The van der Waals surface area contributed by atoms with Gasteiger partial charge in [0.1, 0.15) is 0 Å². The minimum Gasteiger partial charge on any atom is -0.342 e. The van der Waals surface area contributed by atoms with Crippen LogP contribution in [0.5, 0.6) is 0 Å². The van der Waals surface area contributed by atoms with Crippen molar-refractivity contribution in [3.05, 3.63) is 64.2 Å². The van der Waals surface area contributed by atoms with Crippen LogP contribution in [-0.2, 0) is 31.0 Å². The molecule has 3 heterocycles. The van der Waals surface area contributed by atoms with Crippen LogP contribution < -0.4 is 5.69 Å². The number of piperidine rings is 1. The number of nitrogens with zero attached hydrogens (tertiary/aromatic N) is 4. The quantitative estimate of drug-likeness (QED) is 0.636. The molecule has 31 heavy (non-hydrogen) atoms. The van der Waals surface area contributed by atoms with Crippen LogP contribution in [0.25, 0.3) is 11.2 Å². The van der Waals surface area contributed by atoms with E-state index in [-0.39, 0.29) is 23.9 Å². The van der Waals surface area contributed by atoms with Gasteiger partial charge in [-0.3, -0.25) is 13.9 Å². The third-order valence-electron chi connectivity index (χ3n) is 5.95. The van der Waals surface area contributed by atoms with Crippen LogP contribution in [-0.4, -0.2) is 38.0 Å². The van der Waals surface area contributed by atoms with E-state index in [1.807, 2.05) is 6.07 Å². The molecule has 9 heteroatoms. The van der Waals surface area contributed by atoms with Gasteiger partial charge in [-0.2, -0.15) is 13.2 Å². The molecular formula is C22H23F3N4O2. The molecule has 0 radical (unpaired) electrons. The van der Waals surface area contributed by atoms with E-state index in [1.54, 1.807) is 33.3 Å².